The number of allylic oxidation sites excluding steroid dienone is 2. The highest BCUT2D eigenvalue weighted by atomic mass is 16.6. The van der Waals surface area contributed by atoms with E-state index >= 15 is 0 Å². The van der Waals surface area contributed by atoms with Crippen molar-refractivity contribution in [3.8, 4) is 0 Å². The maximum absolute atomic E-state index is 11.0. The lowest BCUT2D eigenvalue weighted by Crippen LogP contribution is -2.12. The van der Waals surface area contributed by atoms with Gasteiger partial charge in [-0.25, -0.2) is 4.79 Å². The van der Waals surface area contributed by atoms with Crippen molar-refractivity contribution in [1.29, 1.82) is 0 Å². The Hall–Kier alpha value is -1.61. The van der Waals surface area contributed by atoms with Crippen LogP contribution in [0.5, 0.6) is 0 Å². The normalized spacial score (nSPS) is 11.0. The van der Waals surface area contributed by atoms with Gasteiger partial charge in [0, 0.05) is 6.61 Å². The first-order chi connectivity index (χ1) is 11.3. The third-order valence-corrected chi connectivity index (χ3v) is 3.55. The van der Waals surface area contributed by atoms with E-state index in [0.29, 0.717) is 13.2 Å². The molecule has 23 heavy (non-hydrogen) atoms. The molecule has 3 heteroatoms. The molecule has 0 heterocycles. The average molecular weight is 318 g/mol. The number of benzene rings is 1. The van der Waals surface area contributed by atoms with E-state index in [1.54, 1.807) is 6.92 Å². The lowest BCUT2D eigenvalue weighted by atomic mass is 10.1. The number of carbonyl (C=O) groups excluding carboxylic acids is 1. The fraction of sp³-hybridized carbons (Fsp3) is 0.550. The van der Waals surface area contributed by atoms with Crippen molar-refractivity contribution in [3.63, 3.8) is 0 Å². The van der Waals surface area contributed by atoms with Crippen molar-refractivity contribution in [1.82, 2.24) is 0 Å². The summed E-state index contributed by atoms with van der Waals surface area (Å²) in [6.07, 6.45) is 12.6. The van der Waals surface area contributed by atoms with Crippen LogP contribution in [-0.2, 0) is 20.7 Å². The topological polar surface area (TPSA) is 35.5 Å². The molecule has 0 unspecified atom stereocenters. The van der Waals surface area contributed by atoms with E-state index in [0.717, 1.165) is 25.7 Å². The van der Waals surface area contributed by atoms with Gasteiger partial charge in [-0.2, -0.15) is 0 Å². The maximum Gasteiger partial charge on any atom is 0.332 e. The first-order valence-electron chi connectivity index (χ1n) is 8.75. The van der Waals surface area contributed by atoms with Gasteiger partial charge in [0.2, 0.25) is 0 Å². The molecule has 0 aliphatic rings. The third kappa shape index (κ3) is 11.6. The summed E-state index contributed by atoms with van der Waals surface area (Å²) in [5.74, 6) is -0.269. The molecular weight excluding hydrogens is 288 g/mol. The zero-order chi connectivity index (χ0) is 16.6. The number of ether oxygens (including phenoxy) is 2. The molecule has 0 bridgehead atoms. The summed E-state index contributed by atoms with van der Waals surface area (Å²) in [7, 11) is 0. The van der Waals surface area contributed by atoms with E-state index in [4.69, 9.17) is 9.47 Å². The zero-order valence-electron chi connectivity index (χ0n) is 14.3. The Labute approximate surface area is 140 Å². The van der Waals surface area contributed by atoms with Gasteiger partial charge in [0.1, 0.15) is 6.61 Å². The van der Waals surface area contributed by atoms with Gasteiger partial charge < -0.3 is 9.47 Å². The number of rotatable bonds is 13. The molecule has 3 nitrogen and oxygen atoms in total. The molecule has 1 aromatic carbocycles. The molecule has 0 aromatic heterocycles. The van der Waals surface area contributed by atoms with Crippen LogP contribution in [0.25, 0.3) is 0 Å². The molecule has 0 spiro atoms. The molecule has 0 radical (unpaired) electrons. The summed E-state index contributed by atoms with van der Waals surface area (Å²) in [6, 6.07) is 10.5. The van der Waals surface area contributed by atoms with E-state index in [1.165, 1.54) is 24.8 Å². The van der Waals surface area contributed by atoms with Crippen molar-refractivity contribution >= 4 is 5.97 Å². The van der Waals surface area contributed by atoms with Crippen molar-refractivity contribution in [3.05, 3.63) is 48.0 Å². The first-order valence-corrected chi connectivity index (χ1v) is 8.75. The maximum atomic E-state index is 11.0. The van der Waals surface area contributed by atoms with Crippen LogP contribution in [0, 0.1) is 0 Å². The van der Waals surface area contributed by atoms with Crippen LogP contribution in [-0.4, -0.2) is 25.8 Å². The molecule has 0 amide bonds. The van der Waals surface area contributed by atoms with Crippen LogP contribution in [0.2, 0.25) is 0 Å². The highest BCUT2D eigenvalue weighted by Gasteiger charge is 2.00. The average Bonchev–Trinajstić information content (AvgIpc) is 2.57. The minimum Gasteiger partial charge on any atom is -0.464 e. The van der Waals surface area contributed by atoms with Gasteiger partial charge in [0.05, 0.1) is 6.61 Å². The largest absolute Gasteiger partial charge is 0.464 e. The highest BCUT2D eigenvalue weighted by Crippen LogP contribution is 2.07. The summed E-state index contributed by atoms with van der Waals surface area (Å²) in [5, 5.41) is 0. The van der Waals surface area contributed by atoms with Gasteiger partial charge >= 0.3 is 5.97 Å². The summed E-state index contributed by atoms with van der Waals surface area (Å²) in [5.41, 5.74) is 1.37. The molecule has 0 saturated heterocycles. The second kappa shape index (κ2) is 14.0. The number of hydrogen-bond acceptors (Lipinski definition) is 3. The lowest BCUT2D eigenvalue weighted by molar-refractivity contribution is -0.148. The van der Waals surface area contributed by atoms with Crippen LogP contribution in [0.3, 0.4) is 0 Å². The van der Waals surface area contributed by atoms with Crippen LogP contribution in [0.4, 0.5) is 0 Å². The van der Waals surface area contributed by atoms with E-state index in [-0.39, 0.29) is 12.6 Å². The van der Waals surface area contributed by atoms with Crippen molar-refractivity contribution < 1.29 is 14.3 Å². The first kappa shape index (κ1) is 19.4. The molecule has 0 atom stereocenters. The minimum atomic E-state index is -0.269. The van der Waals surface area contributed by atoms with Gasteiger partial charge in [-0.15, -0.1) is 0 Å². The van der Waals surface area contributed by atoms with Gasteiger partial charge in [-0.1, -0.05) is 61.7 Å². The van der Waals surface area contributed by atoms with Crippen LogP contribution >= 0.6 is 0 Å². The molecule has 0 fully saturated rings. The molecule has 1 rings (SSSR count). The smallest absolute Gasteiger partial charge is 0.332 e. The Morgan fingerprint density at radius 1 is 1.00 bits per heavy atom. The second-order valence-electron chi connectivity index (χ2n) is 5.58. The summed E-state index contributed by atoms with van der Waals surface area (Å²) >= 11 is 0. The molecule has 0 N–H and O–H groups in total. The Balaban J connectivity index is 1.84. The molecule has 0 aliphatic carbocycles. The second-order valence-corrected chi connectivity index (χ2v) is 5.58. The predicted molar refractivity (Wildman–Crippen MR) is 94.4 cm³/mol. The Kier molecular flexibility index (Phi) is 11.8. The number of unbranched alkanes of at least 4 members (excludes halogenated alkanes) is 5. The SMILES string of the molecule is CCOC(=O)COCCCCCCCC=CCc1ccccc1. The Bertz CT molecular complexity index is 426. The van der Waals surface area contributed by atoms with Crippen molar-refractivity contribution in [2.24, 2.45) is 0 Å². The van der Waals surface area contributed by atoms with Gasteiger partial charge in [-0.05, 0) is 38.2 Å². The van der Waals surface area contributed by atoms with Crippen molar-refractivity contribution in [2.45, 2.75) is 51.9 Å². The monoisotopic (exact) mass is 318 g/mol. The minimum absolute atomic E-state index is 0.0834. The summed E-state index contributed by atoms with van der Waals surface area (Å²) in [4.78, 5) is 11.0. The van der Waals surface area contributed by atoms with Gasteiger partial charge in [0.15, 0.2) is 0 Å². The molecule has 1 aromatic rings. The zero-order valence-corrected chi connectivity index (χ0v) is 14.3. The fourth-order valence-corrected chi connectivity index (χ4v) is 2.31. The molecular formula is C20H30O3. The lowest BCUT2D eigenvalue weighted by Gasteiger charge is -2.04. The predicted octanol–water partition coefficient (Wildman–Crippen LogP) is 4.71. The van der Waals surface area contributed by atoms with E-state index < -0.39 is 0 Å². The third-order valence-electron chi connectivity index (χ3n) is 3.55. The molecule has 0 saturated carbocycles. The van der Waals surface area contributed by atoms with E-state index in [1.807, 2.05) is 0 Å². The van der Waals surface area contributed by atoms with Gasteiger partial charge in [0.25, 0.3) is 0 Å². The summed E-state index contributed by atoms with van der Waals surface area (Å²) in [6.45, 7) is 2.95. The van der Waals surface area contributed by atoms with E-state index in [9.17, 15) is 4.79 Å². The fourth-order valence-electron chi connectivity index (χ4n) is 2.31. The molecule has 128 valence electrons. The highest BCUT2D eigenvalue weighted by molar-refractivity contribution is 5.70. The Morgan fingerprint density at radius 2 is 1.74 bits per heavy atom. The van der Waals surface area contributed by atoms with Gasteiger partial charge in [-0.3, -0.25) is 0 Å². The van der Waals surface area contributed by atoms with Crippen LogP contribution < -0.4 is 0 Å². The van der Waals surface area contributed by atoms with Crippen LogP contribution in [0.1, 0.15) is 51.0 Å². The van der Waals surface area contributed by atoms with E-state index in [2.05, 4.69) is 42.5 Å². The number of hydrogen-bond donors (Lipinski definition) is 0. The molecule has 0 aliphatic heterocycles. The summed E-state index contributed by atoms with van der Waals surface area (Å²) < 4.78 is 10.1. The van der Waals surface area contributed by atoms with Crippen LogP contribution in [0.15, 0.2) is 42.5 Å². The Morgan fingerprint density at radius 3 is 2.52 bits per heavy atom. The number of esters is 1. The quantitative estimate of drug-likeness (QED) is 0.300. The van der Waals surface area contributed by atoms with Crippen molar-refractivity contribution in [2.75, 3.05) is 19.8 Å². The standard InChI is InChI=1S/C20H30O3/c1-2-23-20(21)18-22-17-13-8-6-4-3-5-7-10-14-19-15-11-9-12-16-19/h7,9-12,15-16H,2-6,8,13-14,17-18H2,1H3. The number of carbonyl (C=O) groups is 1.